The van der Waals surface area contributed by atoms with Crippen LogP contribution in [-0.4, -0.2) is 5.97 Å². The first kappa shape index (κ1) is 15.1. The molecule has 3 nitrogen and oxygen atoms in total. The lowest BCUT2D eigenvalue weighted by molar-refractivity contribution is -0.139. The number of rotatable bonds is 4. The van der Waals surface area contributed by atoms with E-state index in [4.69, 9.17) is 10.5 Å². The summed E-state index contributed by atoms with van der Waals surface area (Å²) >= 11 is 0. The molecule has 2 N–H and O–H groups in total. The van der Waals surface area contributed by atoms with Crippen LogP contribution in [0.5, 0.6) is 0 Å². The number of ether oxygens (including phenoxy) is 1. The number of carbonyl (C=O) groups is 1. The number of benzene rings is 1. The topological polar surface area (TPSA) is 52.3 Å². The molecule has 1 rings (SSSR count). The first-order valence-corrected chi connectivity index (χ1v) is 5.62. The summed E-state index contributed by atoms with van der Waals surface area (Å²) in [6.45, 7) is 1.69. The fourth-order valence-electron chi connectivity index (χ4n) is 1.24. The average Bonchev–Trinajstić information content (AvgIpc) is 2.35. The predicted molar refractivity (Wildman–Crippen MR) is 63.8 cm³/mol. The van der Waals surface area contributed by atoms with Crippen LogP contribution in [0.3, 0.4) is 0 Å². The molecule has 0 heterocycles. The van der Waals surface area contributed by atoms with Crippen molar-refractivity contribution in [3.05, 3.63) is 47.2 Å². The Hall–Kier alpha value is -1.98. The monoisotopic (exact) mass is 273 g/mol. The third-order valence-electron chi connectivity index (χ3n) is 2.37. The number of hydrogen-bond acceptors (Lipinski definition) is 3. The van der Waals surface area contributed by atoms with E-state index < -0.39 is 17.7 Å². The van der Waals surface area contributed by atoms with Gasteiger partial charge in [0.1, 0.15) is 6.61 Å². The highest BCUT2D eigenvalue weighted by molar-refractivity contribution is 5.82. The molecule has 0 amide bonds. The molecule has 1 aromatic carbocycles. The third kappa shape index (κ3) is 5.03. The molecule has 0 aliphatic heterocycles. The highest BCUT2D eigenvalue weighted by Crippen LogP contribution is 2.29. The van der Waals surface area contributed by atoms with Crippen LogP contribution in [0.2, 0.25) is 0 Å². The van der Waals surface area contributed by atoms with Crippen LogP contribution < -0.4 is 5.73 Å². The molecule has 6 heteroatoms. The van der Waals surface area contributed by atoms with Crippen molar-refractivity contribution in [3.63, 3.8) is 0 Å². The van der Waals surface area contributed by atoms with Crippen LogP contribution in [-0.2, 0) is 22.3 Å². The molecular formula is C13H14F3NO2. The summed E-state index contributed by atoms with van der Waals surface area (Å²) in [6.07, 6.45) is -2.69. The Kier molecular flexibility index (Phi) is 4.97. The van der Waals surface area contributed by atoms with Gasteiger partial charge in [-0.25, -0.2) is 4.79 Å². The van der Waals surface area contributed by atoms with Gasteiger partial charge in [0.25, 0.3) is 0 Å². The number of carbonyl (C=O) groups excluding carboxylic acids is 1. The fourth-order valence-corrected chi connectivity index (χ4v) is 1.24. The van der Waals surface area contributed by atoms with Crippen molar-refractivity contribution in [3.8, 4) is 0 Å². The molecule has 1 aromatic rings. The maximum absolute atomic E-state index is 12.3. The van der Waals surface area contributed by atoms with Gasteiger partial charge in [0.15, 0.2) is 0 Å². The Balaban J connectivity index is 2.58. The van der Waals surface area contributed by atoms with E-state index in [-0.39, 0.29) is 6.61 Å². The summed E-state index contributed by atoms with van der Waals surface area (Å²) < 4.78 is 41.8. The summed E-state index contributed by atoms with van der Waals surface area (Å²) in [4.78, 5) is 11.3. The lowest BCUT2D eigenvalue weighted by Gasteiger charge is -2.07. The van der Waals surface area contributed by atoms with Gasteiger partial charge in [-0.05, 0) is 24.1 Å². The number of allylic oxidation sites excluding steroid dienone is 1. The van der Waals surface area contributed by atoms with Gasteiger partial charge >= 0.3 is 12.1 Å². The largest absolute Gasteiger partial charge is 0.458 e. The fraction of sp³-hybridized carbons (Fsp3) is 0.308. The first-order valence-electron chi connectivity index (χ1n) is 5.62. The van der Waals surface area contributed by atoms with E-state index in [0.717, 1.165) is 18.2 Å². The van der Waals surface area contributed by atoms with Gasteiger partial charge < -0.3 is 10.5 Å². The van der Waals surface area contributed by atoms with Crippen molar-refractivity contribution in [1.82, 2.24) is 0 Å². The Morgan fingerprint density at radius 1 is 1.32 bits per heavy atom. The molecule has 0 atom stereocenters. The summed E-state index contributed by atoms with van der Waals surface area (Å²) in [6, 6.07) is 4.42. The van der Waals surface area contributed by atoms with Crippen molar-refractivity contribution in [1.29, 1.82) is 0 Å². The smallest absolute Gasteiger partial charge is 0.416 e. The van der Waals surface area contributed by atoms with Crippen LogP contribution in [0, 0.1) is 0 Å². The Labute approximate surface area is 108 Å². The lowest BCUT2D eigenvalue weighted by atomic mass is 10.1. The number of halogens is 3. The van der Waals surface area contributed by atoms with Crippen LogP contribution in [0.4, 0.5) is 13.2 Å². The molecular weight excluding hydrogens is 259 g/mol. The van der Waals surface area contributed by atoms with Crippen molar-refractivity contribution in [2.24, 2.45) is 5.73 Å². The molecule has 0 spiro atoms. The Bertz CT molecular complexity index is 464. The maximum atomic E-state index is 12.3. The van der Waals surface area contributed by atoms with Crippen molar-refractivity contribution < 1.29 is 22.7 Å². The molecule has 0 aliphatic rings. The van der Waals surface area contributed by atoms with Crippen LogP contribution in [0.15, 0.2) is 36.0 Å². The quantitative estimate of drug-likeness (QED) is 0.677. The van der Waals surface area contributed by atoms with E-state index in [0.29, 0.717) is 17.7 Å². The van der Waals surface area contributed by atoms with Crippen LogP contribution in [0.1, 0.15) is 24.5 Å². The number of nitrogens with two attached hydrogens (primary N) is 1. The number of alkyl halides is 3. The van der Waals surface area contributed by atoms with Gasteiger partial charge in [-0.15, -0.1) is 0 Å². The van der Waals surface area contributed by atoms with E-state index in [9.17, 15) is 18.0 Å². The molecule has 19 heavy (non-hydrogen) atoms. The minimum absolute atomic E-state index is 0.0928. The molecule has 104 valence electrons. The minimum atomic E-state index is -4.37. The Morgan fingerprint density at radius 2 is 1.89 bits per heavy atom. The van der Waals surface area contributed by atoms with Crippen LogP contribution in [0.25, 0.3) is 0 Å². The standard InChI is InChI=1S/C13H14F3NO2/c1-2-11(17)7-12(18)19-8-9-3-5-10(6-4-9)13(14,15)16/h3-7H,2,8,17H2,1H3. The van der Waals surface area contributed by atoms with E-state index in [2.05, 4.69) is 0 Å². The van der Waals surface area contributed by atoms with E-state index in [1.165, 1.54) is 12.1 Å². The van der Waals surface area contributed by atoms with E-state index in [1.54, 1.807) is 6.92 Å². The molecule has 0 saturated heterocycles. The molecule has 0 radical (unpaired) electrons. The molecule has 0 aliphatic carbocycles. The molecule has 0 aromatic heterocycles. The van der Waals surface area contributed by atoms with Crippen molar-refractivity contribution in [2.45, 2.75) is 26.1 Å². The maximum Gasteiger partial charge on any atom is 0.416 e. The zero-order valence-corrected chi connectivity index (χ0v) is 10.3. The highest BCUT2D eigenvalue weighted by Gasteiger charge is 2.29. The van der Waals surface area contributed by atoms with Gasteiger partial charge in [0.05, 0.1) is 5.56 Å². The molecule has 0 unspecified atom stereocenters. The van der Waals surface area contributed by atoms with Gasteiger partial charge in [-0.1, -0.05) is 19.1 Å². The molecule has 0 fully saturated rings. The van der Waals surface area contributed by atoms with Gasteiger partial charge in [0, 0.05) is 11.8 Å². The number of hydrogen-bond donors (Lipinski definition) is 1. The SMILES string of the molecule is CCC(N)=CC(=O)OCc1ccc(C(F)(F)F)cc1. The number of esters is 1. The van der Waals surface area contributed by atoms with Crippen molar-refractivity contribution in [2.75, 3.05) is 0 Å². The Morgan fingerprint density at radius 3 is 2.37 bits per heavy atom. The normalized spacial score (nSPS) is 12.3. The summed E-state index contributed by atoms with van der Waals surface area (Å²) in [5.74, 6) is -0.612. The summed E-state index contributed by atoms with van der Waals surface area (Å²) in [7, 11) is 0. The third-order valence-corrected chi connectivity index (χ3v) is 2.37. The second-order valence-electron chi connectivity index (χ2n) is 3.88. The first-order chi connectivity index (χ1) is 8.82. The van der Waals surface area contributed by atoms with Crippen molar-refractivity contribution >= 4 is 5.97 Å². The van der Waals surface area contributed by atoms with Crippen LogP contribution >= 0.6 is 0 Å². The average molecular weight is 273 g/mol. The second-order valence-corrected chi connectivity index (χ2v) is 3.88. The minimum Gasteiger partial charge on any atom is -0.458 e. The van der Waals surface area contributed by atoms with E-state index in [1.807, 2.05) is 0 Å². The molecule has 0 saturated carbocycles. The van der Waals surface area contributed by atoms with E-state index >= 15 is 0 Å². The molecule has 0 bridgehead atoms. The summed E-state index contributed by atoms with van der Waals surface area (Å²) in [5, 5.41) is 0. The van der Waals surface area contributed by atoms with Gasteiger partial charge in [0.2, 0.25) is 0 Å². The summed E-state index contributed by atoms with van der Waals surface area (Å²) in [5.41, 5.74) is 5.57. The zero-order valence-electron chi connectivity index (χ0n) is 10.3. The zero-order chi connectivity index (χ0) is 14.5. The van der Waals surface area contributed by atoms with Gasteiger partial charge in [-0.2, -0.15) is 13.2 Å². The lowest BCUT2D eigenvalue weighted by Crippen LogP contribution is -2.07. The highest BCUT2D eigenvalue weighted by atomic mass is 19.4. The second kappa shape index (κ2) is 6.26. The predicted octanol–water partition coefficient (Wildman–Crippen LogP) is 3.00. The van der Waals surface area contributed by atoms with Gasteiger partial charge in [-0.3, -0.25) is 0 Å².